The fourth-order valence-electron chi connectivity index (χ4n) is 3.01. The summed E-state index contributed by atoms with van der Waals surface area (Å²) in [6.07, 6.45) is 5.46. The summed E-state index contributed by atoms with van der Waals surface area (Å²) in [6.45, 7) is 5.02. The van der Waals surface area contributed by atoms with Gasteiger partial charge in [0, 0.05) is 6.04 Å². The molecule has 0 radical (unpaired) electrons. The maximum atomic E-state index is 6.07. The zero-order valence-electron chi connectivity index (χ0n) is 11.8. The Morgan fingerprint density at radius 1 is 1.22 bits per heavy atom. The van der Waals surface area contributed by atoms with Crippen LogP contribution in [-0.4, -0.2) is 19.7 Å². The quantitative estimate of drug-likeness (QED) is 0.860. The summed E-state index contributed by atoms with van der Waals surface area (Å²) in [7, 11) is 2.05. The number of aryl methyl sites for hydroxylation is 2. The third-order valence-electron chi connectivity index (χ3n) is 4.16. The summed E-state index contributed by atoms with van der Waals surface area (Å²) in [6, 6.07) is 6.81. The Hall–Kier alpha value is -1.02. The van der Waals surface area contributed by atoms with Gasteiger partial charge in [-0.15, -0.1) is 0 Å². The standard InChI is InChI=1S/C16H25NO/c1-12-7-6-8-13(2)16(12)18-11-15(17-3)14-9-4-5-10-14/h6-8,14-15,17H,4-5,9-11H2,1-3H3. The van der Waals surface area contributed by atoms with E-state index in [0.717, 1.165) is 18.3 Å². The lowest BCUT2D eigenvalue weighted by Gasteiger charge is -2.24. The van der Waals surface area contributed by atoms with Crippen molar-refractivity contribution in [3.8, 4) is 5.75 Å². The van der Waals surface area contributed by atoms with Gasteiger partial charge in [0.15, 0.2) is 0 Å². The highest BCUT2D eigenvalue weighted by Crippen LogP contribution is 2.29. The predicted octanol–water partition coefficient (Wildman–Crippen LogP) is 3.46. The van der Waals surface area contributed by atoms with Crippen molar-refractivity contribution >= 4 is 0 Å². The van der Waals surface area contributed by atoms with E-state index in [4.69, 9.17) is 4.74 Å². The highest BCUT2D eigenvalue weighted by Gasteiger charge is 2.24. The molecule has 0 saturated heterocycles. The molecule has 2 heteroatoms. The third-order valence-corrected chi connectivity index (χ3v) is 4.16. The molecule has 1 atom stereocenters. The molecule has 2 nitrogen and oxygen atoms in total. The van der Waals surface area contributed by atoms with Crippen molar-refractivity contribution in [1.82, 2.24) is 5.32 Å². The average molecular weight is 247 g/mol. The van der Waals surface area contributed by atoms with Crippen molar-refractivity contribution in [2.24, 2.45) is 5.92 Å². The molecule has 1 saturated carbocycles. The Morgan fingerprint density at radius 2 is 1.83 bits per heavy atom. The van der Waals surface area contributed by atoms with Crippen LogP contribution < -0.4 is 10.1 Å². The van der Waals surface area contributed by atoms with Crippen molar-refractivity contribution in [2.45, 2.75) is 45.6 Å². The minimum Gasteiger partial charge on any atom is -0.491 e. The molecule has 2 rings (SSSR count). The summed E-state index contributed by atoms with van der Waals surface area (Å²) >= 11 is 0. The lowest BCUT2D eigenvalue weighted by atomic mass is 9.99. The topological polar surface area (TPSA) is 21.3 Å². The fourth-order valence-corrected chi connectivity index (χ4v) is 3.01. The van der Waals surface area contributed by atoms with Gasteiger partial charge in [-0.3, -0.25) is 0 Å². The van der Waals surface area contributed by atoms with E-state index in [1.54, 1.807) is 0 Å². The van der Waals surface area contributed by atoms with Crippen molar-refractivity contribution in [2.75, 3.05) is 13.7 Å². The fraction of sp³-hybridized carbons (Fsp3) is 0.625. The molecule has 0 heterocycles. The Morgan fingerprint density at radius 3 is 2.39 bits per heavy atom. The van der Waals surface area contributed by atoms with E-state index in [2.05, 4.69) is 44.4 Å². The molecule has 1 N–H and O–H groups in total. The van der Waals surface area contributed by atoms with Gasteiger partial charge < -0.3 is 10.1 Å². The van der Waals surface area contributed by atoms with E-state index in [9.17, 15) is 0 Å². The summed E-state index contributed by atoms with van der Waals surface area (Å²) in [5, 5.41) is 3.43. The molecule has 1 aliphatic carbocycles. The molecule has 1 aromatic carbocycles. The second kappa shape index (κ2) is 6.24. The number of nitrogens with one attached hydrogen (secondary N) is 1. The number of ether oxygens (including phenoxy) is 1. The summed E-state index contributed by atoms with van der Waals surface area (Å²) < 4.78 is 6.07. The van der Waals surface area contributed by atoms with Gasteiger partial charge in [0.25, 0.3) is 0 Å². The normalized spacial score (nSPS) is 17.9. The van der Waals surface area contributed by atoms with Crippen LogP contribution in [0.3, 0.4) is 0 Å². The van der Waals surface area contributed by atoms with Crippen LogP contribution in [0.15, 0.2) is 18.2 Å². The predicted molar refractivity (Wildman–Crippen MR) is 76.2 cm³/mol. The molecule has 100 valence electrons. The minimum atomic E-state index is 0.492. The van der Waals surface area contributed by atoms with E-state index in [0.29, 0.717) is 6.04 Å². The molecule has 1 aromatic rings. The van der Waals surface area contributed by atoms with Crippen molar-refractivity contribution in [3.05, 3.63) is 29.3 Å². The highest BCUT2D eigenvalue weighted by atomic mass is 16.5. The van der Waals surface area contributed by atoms with Gasteiger partial charge >= 0.3 is 0 Å². The largest absolute Gasteiger partial charge is 0.491 e. The number of benzene rings is 1. The molecule has 0 spiro atoms. The number of likely N-dealkylation sites (N-methyl/N-ethyl adjacent to an activating group) is 1. The van der Waals surface area contributed by atoms with Gasteiger partial charge in [-0.2, -0.15) is 0 Å². The maximum Gasteiger partial charge on any atom is 0.125 e. The first-order valence-corrected chi connectivity index (χ1v) is 7.08. The molecule has 0 amide bonds. The van der Waals surface area contributed by atoms with Crippen LogP contribution in [0.5, 0.6) is 5.75 Å². The Kier molecular flexibility index (Phi) is 4.65. The van der Waals surface area contributed by atoms with Crippen molar-refractivity contribution in [3.63, 3.8) is 0 Å². The first-order valence-electron chi connectivity index (χ1n) is 7.08. The van der Waals surface area contributed by atoms with E-state index in [1.807, 2.05) is 0 Å². The lowest BCUT2D eigenvalue weighted by Crippen LogP contribution is -2.37. The average Bonchev–Trinajstić information content (AvgIpc) is 2.87. The number of para-hydroxylation sites is 1. The van der Waals surface area contributed by atoms with Gasteiger partial charge in [-0.1, -0.05) is 31.0 Å². The zero-order chi connectivity index (χ0) is 13.0. The van der Waals surface area contributed by atoms with Gasteiger partial charge in [-0.05, 0) is 50.8 Å². The van der Waals surface area contributed by atoms with Crippen molar-refractivity contribution in [1.29, 1.82) is 0 Å². The Labute approximate surface area is 111 Å². The number of rotatable bonds is 5. The molecule has 1 fully saturated rings. The van der Waals surface area contributed by atoms with Crippen LogP contribution in [0.25, 0.3) is 0 Å². The van der Waals surface area contributed by atoms with Crippen LogP contribution in [0.2, 0.25) is 0 Å². The van der Waals surface area contributed by atoms with Crippen molar-refractivity contribution < 1.29 is 4.74 Å². The van der Waals surface area contributed by atoms with Crippen LogP contribution >= 0.6 is 0 Å². The molecule has 0 aromatic heterocycles. The smallest absolute Gasteiger partial charge is 0.125 e. The number of hydrogen-bond donors (Lipinski definition) is 1. The highest BCUT2D eigenvalue weighted by molar-refractivity contribution is 5.39. The van der Waals surface area contributed by atoms with Crippen LogP contribution in [0, 0.1) is 19.8 Å². The lowest BCUT2D eigenvalue weighted by molar-refractivity contribution is 0.223. The second-order valence-corrected chi connectivity index (χ2v) is 5.47. The summed E-state index contributed by atoms with van der Waals surface area (Å²) in [5.41, 5.74) is 2.47. The van der Waals surface area contributed by atoms with E-state index >= 15 is 0 Å². The third kappa shape index (κ3) is 3.05. The monoisotopic (exact) mass is 247 g/mol. The number of hydrogen-bond acceptors (Lipinski definition) is 2. The Balaban J connectivity index is 1.97. The first-order chi connectivity index (χ1) is 8.72. The molecule has 0 bridgehead atoms. The molecule has 0 aliphatic heterocycles. The SMILES string of the molecule is CNC(COc1c(C)cccc1C)C1CCCC1. The van der Waals surface area contributed by atoms with Gasteiger partial charge in [0.1, 0.15) is 12.4 Å². The van der Waals surface area contributed by atoms with E-state index < -0.39 is 0 Å². The molecular formula is C16H25NO. The second-order valence-electron chi connectivity index (χ2n) is 5.47. The maximum absolute atomic E-state index is 6.07. The van der Waals surface area contributed by atoms with Gasteiger partial charge in [-0.25, -0.2) is 0 Å². The molecule has 1 unspecified atom stereocenters. The first kappa shape index (κ1) is 13.4. The molecule has 18 heavy (non-hydrogen) atoms. The van der Waals surface area contributed by atoms with Crippen LogP contribution in [0.4, 0.5) is 0 Å². The minimum absolute atomic E-state index is 0.492. The Bertz CT molecular complexity index is 362. The van der Waals surface area contributed by atoms with Crippen LogP contribution in [-0.2, 0) is 0 Å². The molecule has 1 aliphatic rings. The van der Waals surface area contributed by atoms with E-state index in [-0.39, 0.29) is 0 Å². The zero-order valence-corrected chi connectivity index (χ0v) is 11.8. The van der Waals surface area contributed by atoms with E-state index in [1.165, 1.54) is 36.8 Å². The molecular weight excluding hydrogens is 222 g/mol. The van der Waals surface area contributed by atoms with Gasteiger partial charge in [0.2, 0.25) is 0 Å². The van der Waals surface area contributed by atoms with Crippen LogP contribution in [0.1, 0.15) is 36.8 Å². The van der Waals surface area contributed by atoms with Gasteiger partial charge in [0.05, 0.1) is 0 Å². The summed E-state index contributed by atoms with van der Waals surface area (Å²) in [4.78, 5) is 0. The summed E-state index contributed by atoms with van der Waals surface area (Å²) in [5.74, 6) is 1.86.